The molecule has 2 fully saturated rings. The zero-order valence-corrected chi connectivity index (χ0v) is 14.8. The predicted octanol–water partition coefficient (Wildman–Crippen LogP) is 2.14. The Kier molecular flexibility index (Phi) is 4.13. The number of amides is 3. The number of benzene rings is 1. The van der Waals surface area contributed by atoms with Crippen LogP contribution in [-0.2, 0) is 11.8 Å². The van der Waals surface area contributed by atoms with Crippen LogP contribution in [0.25, 0.3) is 10.9 Å². The number of aromatic nitrogens is 2. The first-order valence-electron chi connectivity index (χ1n) is 8.53. The molecular weight excluding hydrogens is 342 g/mol. The van der Waals surface area contributed by atoms with E-state index in [2.05, 4.69) is 21.8 Å². The van der Waals surface area contributed by atoms with E-state index < -0.39 is 6.03 Å². The van der Waals surface area contributed by atoms with Crippen molar-refractivity contribution in [3.63, 3.8) is 0 Å². The van der Waals surface area contributed by atoms with Crippen LogP contribution in [0.2, 0.25) is 5.02 Å². The maximum absolute atomic E-state index is 12.2. The number of carbonyl (C=O) groups excluding carboxylic acids is 2. The Morgan fingerprint density at radius 1 is 1.24 bits per heavy atom. The Bertz CT molecular complexity index is 856. The van der Waals surface area contributed by atoms with E-state index in [0.717, 1.165) is 42.4 Å². The summed E-state index contributed by atoms with van der Waals surface area (Å²) in [5.74, 6) is 0.724. The number of halogens is 1. The SMILES string of the molecule is Cn1nc(N2CCC(=O)NC2=O)c2cc(Cl)c(C3CCNCC3)cc21. The number of fused-ring (bicyclic) bond motifs is 1. The monoisotopic (exact) mass is 361 g/mol. The molecule has 2 aliphatic rings. The van der Waals surface area contributed by atoms with Crippen molar-refractivity contribution in [3.05, 3.63) is 22.7 Å². The third kappa shape index (κ3) is 2.87. The third-order valence-electron chi connectivity index (χ3n) is 5.04. The summed E-state index contributed by atoms with van der Waals surface area (Å²) in [5, 5.41) is 11.8. The Balaban J connectivity index is 1.76. The number of piperidine rings is 1. The summed E-state index contributed by atoms with van der Waals surface area (Å²) in [6, 6.07) is 3.56. The number of imide groups is 1. The summed E-state index contributed by atoms with van der Waals surface area (Å²) in [6.07, 6.45) is 2.39. The Morgan fingerprint density at radius 2 is 2.00 bits per heavy atom. The molecule has 1 aromatic heterocycles. The Labute approximate surface area is 150 Å². The lowest BCUT2D eigenvalue weighted by Gasteiger charge is -2.25. The van der Waals surface area contributed by atoms with Gasteiger partial charge in [0.25, 0.3) is 0 Å². The van der Waals surface area contributed by atoms with Gasteiger partial charge in [0.05, 0.1) is 5.52 Å². The van der Waals surface area contributed by atoms with Gasteiger partial charge in [0, 0.05) is 30.4 Å². The van der Waals surface area contributed by atoms with Crippen molar-refractivity contribution in [1.29, 1.82) is 0 Å². The number of nitrogens with zero attached hydrogens (tertiary/aromatic N) is 3. The van der Waals surface area contributed by atoms with E-state index in [-0.39, 0.29) is 12.3 Å². The van der Waals surface area contributed by atoms with Crippen LogP contribution in [0, 0.1) is 0 Å². The molecule has 2 saturated heterocycles. The highest BCUT2D eigenvalue weighted by atomic mass is 35.5. The van der Waals surface area contributed by atoms with E-state index >= 15 is 0 Å². The lowest BCUT2D eigenvalue weighted by atomic mass is 9.89. The topological polar surface area (TPSA) is 79.3 Å². The van der Waals surface area contributed by atoms with Crippen LogP contribution >= 0.6 is 11.6 Å². The van der Waals surface area contributed by atoms with Gasteiger partial charge in [0.1, 0.15) is 0 Å². The molecule has 0 unspecified atom stereocenters. The summed E-state index contributed by atoms with van der Waals surface area (Å²) in [6.45, 7) is 2.32. The number of nitrogens with one attached hydrogen (secondary N) is 2. The lowest BCUT2D eigenvalue weighted by Crippen LogP contribution is -2.49. The van der Waals surface area contributed by atoms with Gasteiger partial charge in [-0.2, -0.15) is 5.10 Å². The van der Waals surface area contributed by atoms with Crippen LogP contribution in [0.1, 0.15) is 30.7 Å². The fourth-order valence-corrected chi connectivity index (χ4v) is 4.00. The minimum absolute atomic E-state index is 0.257. The molecule has 0 spiro atoms. The van der Waals surface area contributed by atoms with Gasteiger partial charge in [-0.05, 0) is 49.5 Å². The molecule has 0 radical (unpaired) electrons. The summed E-state index contributed by atoms with van der Waals surface area (Å²) in [4.78, 5) is 25.0. The van der Waals surface area contributed by atoms with E-state index in [9.17, 15) is 9.59 Å². The number of hydrogen-bond donors (Lipinski definition) is 2. The number of carbonyl (C=O) groups is 2. The maximum atomic E-state index is 12.2. The molecular formula is C17H20ClN5O2. The molecule has 2 aromatic rings. The van der Waals surface area contributed by atoms with Crippen LogP contribution in [0.4, 0.5) is 10.6 Å². The van der Waals surface area contributed by atoms with Gasteiger partial charge in [0.2, 0.25) is 5.91 Å². The molecule has 4 rings (SSSR count). The minimum atomic E-state index is -0.435. The molecule has 3 amide bonds. The number of rotatable bonds is 2. The van der Waals surface area contributed by atoms with E-state index in [0.29, 0.717) is 23.3 Å². The molecule has 3 heterocycles. The molecule has 132 valence electrons. The van der Waals surface area contributed by atoms with Crippen LogP contribution in [0.5, 0.6) is 0 Å². The van der Waals surface area contributed by atoms with E-state index in [1.807, 2.05) is 13.1 Å². The van der Waals surface area contributed by atoms with E-state index in [1.54, 1.807) is 4.68 Å². The van der Waals surface area contributed by atoms with Crippen molar-refractivity contribution < 1.29 is 9.59 Å². The van der Waals surface area contributed by atoms with Gasteiger partial charge >= 0.3 is 6.03 Å². The number of urea groups is 1. The smallest absolute Gasteiger partial charge is 0.317 e. The van der Waals surface area contributed by atoms with Crippen LogP contribution in [0.15, 0.2) is 12.1 Å². The van der Waals surface area contributed by atoms with Crippen molar-refractivity contribution in [2.45, 2.75) is 25.2 Å². The number of hydrogen-bond acceptors (Lipinski definition) is 4. The normalized spacial score (nSPS) is 19.5. The zero-order chi connectivity index (χ0) is 17.6. The average Bonchev–Trinajstić information content (AvgIpc) is 2.91. The first-order valence-corrected chi connectivity index (χ1v) is 8.90. The quantitative estimate of drug-likeness (QED) is 0.859. The second-order valence-electron chi connectivity index (χ2n) is 6.62. The second-order valence-corrected chi connectivity index (χ2v) is 7.02. The molecule has 25 heavy (non-hydrogen) atoms. The fraction of sp³-hybridized carbons (Fsp3) is 0.471. The highest BCUT2D eigenvalue weighted by Crippen LogP contribution is 2.37. The van der Waals surface area contributed by atoms with Gasteiger partial charge in [-0.15, -0.1) is 0 Å². The Hall–Kier alpha value is -2.12. The van der Waals surface area contributed by atoms with Gasteiger partial charge in [-0.1, -0.05) is 11.6 Å². The third-order valence-corrected chi connectivity index (χ3v) is 5.37. The molecule has 0 saturated carbocycles. The van der Waals surface area contributed by atoms with Crippen molar-refractivity contribution in [2.75, 3.05) is 24.5 Å². The average molecular weight is 362 g/mol. The summed E-state index contributed by atoms with van der Waals surface area (Å²) >= 11 is 6.59. The van der Waals surface area contributed by atoms with Gasteiger partial charge in [-0.25, -0.2) is 4.79 Å². The molecule has 7 nitrogen and oxygen atoms in total. The van der Waals surface area contributed by atoms with E-state index in [4.69, 9.17) is 11.6 Å². The lowest BCUT2D eigenvalue weighted by molar-refractivity contribution is -0.120. The molecule has 0 bridgehead atoms. The predicted molar refractivity (Wildman–Crippen MR) is 96.1 cm³/mol. The molecule has 8 heteroatoms. The van der Waals surface area contributed by atoms with Crippen molar-refractivity contribution >= 4 is 40.3 Å². The van der Waals surface area contributed by atoms with Crippen molar-refractivity contribution in [1.82, 2.24) is 20.4 Å². The van der Waals surface area contributed by atoms with Crippen molar-refractivity contribution in [3.8, 4) is 0 Å². The standard InChI is InChI=1S/C17H20ClN5O2/c1-22-14-9-11(10-2-5-19-6-3-10)13(18)8-12(14)16(21-22)23-7-4-15(24)20-17(23)25/h8-10,19H,2-7H2,1H3,(H,20,24,25). The van der Waals surface area contributed by atoms with Crippen LogP contribution < -0.4 is 15.5 Å². The van der Waals surface area contributed by atoms with E-state index in [1.165, 1.54) is 4.90 Å². The van der Waals surface area contributed by atoms with Gasteiger partial charge in [0.15, 0.2) is 5.82 Å². The number of aryl methyl sites for hydroxylation is 1. The molecule has 0 aliphatic carbocycles. The maximum Gasteiger partial charge on any atom is 0.329 e. The highest BCUT2D eigenvalue weighted by Gasteiger charge is 2.29. The fourth-order valence-electron chi connectivity index (χ4n) is 3.69. The van der Waals surface area contributed by atoms with Crippen molar-refractivity contribution in [2.24, 2.45) is 7.05 Å². The minimum Gasteiger partial charge on any atom is -0.317 e. The summed E-state index contributed by atoms with van der Waals surface area (Å²) in [5.41, 5.74) is 2.08. The number of anilines is 1. The first kappa shape index (κ1) is 16.4. The first-order chi connectivity index (χ1) is 12.0. The molecule has 1 aromatic carbocycles. The Morgan fingerprint density at radius 3 is 2.72 bits per heavy atom. The second kappa shape index (κ2) is 6.31. The summed E-state index contributed by atoms with van der Waals surface area (Å²) < 4.78 is 1.77. The molecule has 2 aliphatic heterocycles. The van der Waals surface area contributed by atoms with Gasteiger partial charge < -0.3 is 5.32 Å². The highest BCUT2D eigenvalue weighted by molar-refractivity contribution is 6.32. The molecule has 0 atom stereocenters. The largest absolute Gasteiger partial charge is 0.329 e. The van der Waals surface area contributed by atoms with Crippen LogP contribution in [-0.4, -0.2) is 41.4 Å². The van der Waals surface area contributed by atoms with Crippen LogP contribution in [0.3, 0.4) is 0 Å². The zero-order valence-electron chi connectivity index (χ0n) is 14.0. The summed E-state index contributed by atoms with van der Waals surface area (Å²) in [7, 11) is 1.86. The van der Waals surface area contributed by atoms with Gasteiger partial charge in [-0.3, -0.25) is 19.7 Å². The molecule has 2 N–H and O–H groups in total.